The minimum atomic E-state index is -0.753. The standard InChI is InChI=1S/C21H20Cl2FN3O2/c1-12-20(25-21(28)14(3)29-16-7-4-6-15(22)10-16)13(2)27(26-12)11-17-18(23)8-5-9-19(17)24/h4-10,14H,11H2,1-3H3,(H,25,28)/t14-/m0/s1. The van der Waals surface area contributed by atoms with E-state index in [0.29, 0.717) is 38.4 Å². The highest BCUT2D eigenvalue weighted by atomic mass is 35.5. The fourth-order valence-electron chi connectivity index (χ4n) is 2.89. The van der Waals surface area contributed by atoms with Gasteiger partial charge in [0.05, 0.1) is 23.6 Å². The van der Waals surface area contributed by atoms with Crippen molar-refractivity contribution >= 4 is 34.8 Å². The van der Waals surface area contributed by atoms with Gasteiger partial charge in [-0.3, -0.25) is 9.48 Å². The van der Waals surface area contributed by atoms with Crippen LogP contribution in [0.3, 0.4) is 0 Å². The Labute approximate surface area is 178 Å². The molecule has 0 saturated heterocycles. The number of ether oxygens (including phenoxy) is 1. The number of carbonyl (C=O) groups is 1. The van der Waals surface area contributed by atoms with Crippen LogP contribution in [0.2, 0.25) is 10.0 Å². The number of aromatic nitrogens is 2. The highest BCUT2D eigenvalue weighted by Gasteiger charge is 2.20. The Morgan fingerprint density at radius 3 is 2.66 bits per heavy atom. The Balaban J connectivity index is 1.75. The first-order valence-corrected chi connectivity index (χ1v) is 9.72. The molecule has 29 heavy (non-hydrogen) atoms. The first kappa shape index (κ1) is 21.1. The van der Waals surface area contributed by atoms with Crippen LogP contribution in [0.15, 0.2) is 42.5 Å². The van der Waals surface area contributed by atoms with Gasteiger partial charge in [-0.25, -0.2) is 4.39 Å². The molecule has 1 atom stereocenters. The molecule has 5 nitrogen and oxygen atoms in total. The second kappa shape index (κ2) is 8.84. The SMILES string of the molecule is Cc1nn(Cc2c(F)cccc2Cl)c(C)c1NC(=O)[C@H](C)Oc1cccc(Cl)c1. The van der Waals surface area contributed by atoms with Gasteiger partial charge in [-0.1, -0.05) is 35.3 Å². The van der Waals surface area contributed by atoms with Gasteiger partial charge in [0.1, 0.15) is 11.6 Å². The van der Waals surface area contributed by atoms with E-state index in [0.717, 1.165) is 0 Å². The van der Waals surface area contributed by atoms with Crippen molar-refractivity contribution in [3.63, 3.8) is 0 Å². The molecule has 1 aromatic heterocycles. The summed E-state index contributed by atoms with van der Waals surface area (Å²) in [5.41, 5.74) is 2.20. The summed E-state index contributed by atoms with van der Waals surface area (Å²) in [7, 11) is 0. The van der Waals surface area contributed by atoms with Gasteiger partial charge in [0.2, 0.25) is 0 Å². The topological polar surface area (TPSA) is 56.2 Å². The highest BCUT2D eigenvalue weighted by molar-refractivity contribution is 6.31. The van der Waals surface area contributed by atoms with Gasteiger partial charge in [0.15, 0.2) is 6.10 Å². The number of halogens is 3. The fraction of sp³-hybridized carbons (Fsp3) is 0.238. The maximum absolute atomic E-state index is 14.1. The van der Waals surface area contributed by atoms with Crippen LogP contribution in [-0.2, 0) is 11.3 Å². The van der Waals surface area contributed by atoms with E-state index in [4.69, 9.17) is 27.9 Å². The van der Waals surface area contributed by atoms with Gasteiger partial charge in [-0.15, -0.1) is 0 Å². The average molecular weight is 436 g/mol. The lowest BCUT2D eigenvalue weighted by Crippen LogP contribution is -2.30. The molecule has 152 valence electrons. The second-order valence-corrected chi connectivity index (χ2v) is 7.45. The zero-order valence-electron chi connectivity index (χ0n) is 16.2. The highest BCUT2D eigenvalue weighted by Crippen LogP contribution is 2.25. The Morgan fingerprint density at radius 2 is 1.97 bits per heavy atom. The number of carbonyl (C=O) groups excluding carboxylic acids is 1. The summed E-state index contributed by atoms with van der Waals surface area (Å²) in [5, 5.41) is 8.10. The van der Waals surface area contributed by atoms with Crippen molar-refractivity contribution in [2.24, 2.45) is 0 Å². The number of nitrogens with one attached hydrogen (secondary N) is 1. The van der Waals surface area contributed by atoms with Gasteiger partial charge in [-0.05, 0) is 51.1 Å². The van der Waals surface area contributed by atoms with Gasteiger partial charge in [0, 0.05) is 15.6 Å². The van der Waals surface area contributed by atoms with E-state index in [9.17, 15) is 9.18 Å². The number of aryl methyl sites for hydroxylation is 1. The summed E-state index contributed by atoms with van der Waals surface area (Å²) in [6.07, 6.45) is -0.753. The number of amides is 1. The van der Waals surface area contributed by atoms with E-state index in [1.165, 1.54) is 6.07 Å². The van der Waals surface area contributed by atoms with Crippen LogP contribution >= 0.6 is 23.2 Å². The molecular formula is C21H20Cl2FN3O2. The van der Waals surface area contributed by atoms with Gasteiger partial charge in [-0.2, -0.15) is 5.10 Å². The van der Waals surface area contributed by atoms with Gasteiger partial charge < -0.3 is 10.1 Å². The van der Waals surface area contributed by atoms with Crippen LogP contribution in [0.5, 0.6) is 5.75 Å². The molecule has 0 aliphatic carbocycles. The summed E-state index contributed by atoms with van der Waals surface area (Å²) in [6.45, 7) is 5.37. The van der Waals surface area contributed by atoms with E-state index in [2.05, 4.69) is 10.4 Å². The van der Waals surface area contributed by atoms with E-state index in [-0.39, 0.29) is 12.5 Å². The maximum atomic E-state index is 14.1. The van der Waals surface area contributed by atoms with Gasteiger partial charge in [0.25, 0.3) is 5.91 Å². The predicted molar refractivity (Wildman–Crippen MR) is 112 cm³/mol. The molecule has 0 unspecified atom stereocenters. The predicted octanol–water partition coefficient (Wildman–Crippen LogP) is 5.40. The first-order chi connectivity index (χ1) is 13.8. The number of hydrogen-bond donors (Lipinski definition) is 1. The minimum Gasteiger partial charge on any atom is -0.481 e. The average Bonchev–Trinajstić information content (AvgIpc) is 2.92. The van der Waals surface area contributed by atoms with Crippen molar-refractivity contribution in [1.29, 1.82) is 0 Å². The summed E-state index contributed by atoms with van der Waals surface area (Å²) >= 11 is 12.1. The largest absolute Gasteiger partial charge is 0.481 e. The third-order valence-corrected chi connectivity index (χ3v) is 5.07. The second-order valence-electron chi connectivity index (χ2n) is 6.61. The van der Waals surface area contributed by atoms with Crippen LogP contribution in [0.25, 0.3) is 0 Å². The van der Waals surface area contributed by atoms with Crippen LogP contribution in [-0.4, -0.2) is 21.8 Å². The molecule has 2 aromatic carbocycles. The molecule has 0 aliphatic heterocycles. The fourth-order valence-corrected chi connectivity index (χ4v) is 3.29. The normalized spacial score (nSPS) is 11.9. The van der Waals surface area contributed by atoms with Crippen LogP contribution in [0, 0.1) is 19.7 Å². The lowest BCUT2D eigenvalue weighted by Gasteiger charge is -2.15. The van der Waals surface area contributed by atoms with Crippen LogP contribution in [0.4, 0.5) is 10.1 Å². The molecule has 0 aliphatic rings. The van der Waals surface area contributed by atoms with Crippen LogP contribution in [0.1, 0.15) is 23.9 Å². The molecule has 3 rings (SSSR count). The van der Waals surface area contributed by atoms with Crippen molar-refractivity contribution < 1.29 is 13.9 Å². The first-order valence-electron chi connectivity index (χ1n) is 8.96. The minimum absolute atomic E-state index is 0.155. The molecule has 0 saturated carbocycles. The molecule has 0 radical (unpaired) electrons. The van der Waals surface area contributed by atoms with E-state index >= 15 is 0 Å². The third kappa shape index (κ3) is 4.89. The molecule has 1 amide bonds. The summed E-state index contributed by atoms with van der Waals surface area (Å²) in [5.74, 6) is -0.239. The summed E-state index contributed by atoms with van der Waals surface area (Å²) in [4.78, 5) is 12.6. The Kier molecular flexibility index (Phi) is 6.45. The zero-order chi connectivity index (χ0) is 21.1. The zero-order valence-corrected chi connectivity index (χ0v) is 17.7. The van der Waals surface area contributed by atoms with E-state index in [1.807, 2.05) is 0 Å². The van der Waals surface area contributed by atoms with E-state index in [1.54, 1.807) is 61.9 Å². The van der Waals surface area contributed by atoms with Gasteiger partial charge >= 0.3 is 0 Å². The molecule has 1 N–H and O–H groups in total. The monoisotopic (exact) mass is 435 g/mol. The van der Waals surface area contributed by atoms with Crippen molar-refractivity contribution in [3.8, 4) is 5.75 Å². The quantitative estimate of drug-likeness (QED) is 0.563. The number of hydrogen-bond acceptors (Lipinski definition) is 3. The molecule has 0 fully saturated rings. The van der Waals surface area contributed by atoms with E-state index < -0.39 is 11.9 Å². The van der Waals surface area contributed by atoms with Crippen molar-refractivity contribution in [3.05, 3.63) is 75.3 Å². The third-order valence-electron chi connectivity index (χ3n) is 4.48. The van der Waals surface area contributed by atoms with Crippen molar-refractivity contribution in [2.45, 2.75) is 33.4 Å². The van der Waals surface area contributed by atoms with Crippen LogP contribution < -0.4 is 10.1 Å². The summed E-state index contributed by atoms with van der Waals surface area (Å²) in [6, 6.07) is 11.4. The number of benzene rings is 2. The lowest BCUT2D eigenvalue weighted by atomic mass is 10.2. The summed E-state index contributed by atoms with van der Waals surface area (Å²) < 4.78 is 21.4. The Morgan fingerprint density at radius 1 is 1.24 bits per heavy atom. The van der Waals surface area contributed by atoms with Crippen molar-refractivity contribution in [1.82, 2.24) is 9.78 Å². The van der Waals surface area contributed by atoms with Crippen molar-refractivity contribution in [2.75, 3.05) is 5.32 Å². The molecule has 0 spiro atoms. The number of nitrogens with zero attached hydrogens (tertiary/aromatic N) is 2. The molecule has 0 bridgehead atoms. The molecule has 8 heteroatoms. The molecule has 3 aromatic rings. The Bertz CT molecular complexity index is 1030. The molecular weight excluding hydrogens is 416 g/mol. The number of rotatable bonds is 6. The smallest absolute Gasteiger partial charge is 0.265 e. The lowest BCUT2D eigenvalue weighted by molar-refractivity contribution is -0.122. The maximum Gasteiger partial charge on any atom is 0.265 e. The molecule has 1 heterocycles. The number of anilines is 1. The Hall–Kier alpha value is -2.57.